The van der Waals surface area contributed by atoms with Crippen LogP contribution in [0.1, 0.15) is 0 Å². The summed E-state index contributed by atoms with van der Waals surface area (Å²) < 4.78 is 0. The molecular weight excluding hydrogens is 733 g/mol. The molecule has 10 aromatic rings. The van der Waals surface area contributed by atoms with Crippen LogP contribution in [-0.2, 0) is 0 Å². The lowest BCUT2D eigenvalue weighted by Gasteiger charge is -2.15. The van der Waals surface area contributed by atoms with Crippen molar-refractivity contribution in [3.63, 3.8) is 0 Å². The normalized spacial score (nSPS) is 11.0. The molecule has 0 saturated heterocycles. The molecule has 0 aliphatic carbocycles. The second kappa shape index (κ2) is 16.3. The number of hydrogen-bond acceptors (Lipinski definition) is 6. The van der Waals surface area contributed by atoms with Crippen molar-refractivity contribution < 1.29 is 0 Å². The Hall–Kier alpha value is -8.22. The van der Waals surface area contributed by atoms with E-state index in [0.717, 1.165) is 84.2 Å². The Kier molecular flexibility index (Phi) is 9.84. The highest BCUT2D eigenvalue weighted by Crippen LogP contribution is 2.37. The first-order chi connectivity index (χ1) is 29.7. The van der Waals surface area contributed by atoms with E-state index >= 15 is 0 Å². The molecule has 6 nitrogen and oxygen atoms in total. The largest absolute Gasteiger partial charge is 0.228 e. The summed E-state index contributed by atoms with van der Waals surface area (Å²) in [6.45, 7) is 0. The monoisotopic (exact) mass is 768 g/mol. The van der Waals surface area contributed by atoms with E-state index in [9.17, 15) is 0 Å². The average Bonchev–Trinajstić information content (AvgIpc) is 3.35. The van der Waals surface area contributed by atoms with Crippen LogP contribution in [0.25, 0.3) is 102 Å². The molecule has 0 radical (unpaired) electrons. The molecule has 282 valence electrons. The van der Waals surface area contributed by atoms with Gasteiger partial charge >= 0.3 is 0 Å². The van der Waals surface area contributed by atoms with Crippen LogP contribution in [0.2, 0.25) is 0 Å². The lowest BCUT2D eigenvalue weighted by Crippen LogP contribution is -1.99. The van der Waals surface area contributed by atoms with Gasteiger partial charge in [-0.05, 0) is 36.4 Å². The SMILES string of the molecule is c1ccc(-c2cc(-c3cc(-c4cc(-c5ccccc5)nc(-c5ccccc5)n4)cc(-c4cc(-c5ccccc5)nc(-c5ccccc5)n4)c3)nc(-c3ccccc3)n2)cc1. The summed E-state index contributed by atoms with van der Waals surface area (Å²) in [5.41, 5.74) is 13.3. The van der Waals surface area contributed by atoms with Gasteiger partial charge in [0.2, 0.25) is 0 Å². The van der Waals surface area contributed by atoms with Crippen molar-refractivity contribution in [3.8, 4) is 102 Å². The second-order valence-corrected chi connectivity index (χ2v) is 14.4. The molecular formula is C54H36N6. The highest BCUT2D eigenvalue weighted by molar-refractivity contribution is 5.83. The fourth-order valence-corrected chi connectivity index (χ4v) is 7.28. The highest BCUT2D eigenvalue weighted by Gasteiger charge is 2.18. The van der Waals surface area contributed by atoms with E-state index < -0.39 is 0 Å². The quantitative estimate of drug-likeness (QED) is 0.145. The van der Waals surface area contributed by atoms with Gasteiger partial charge in [-0.25, -0.2) is 29.9 Å². The minimum absolute atomic E-state index is 0.637. The van der Waals surface area contributed by atoms with Crippen molar-refractivity contribution >= 4 is 0 Å². The van der Waals surface area contributed by atoms with Crippen LogP contribution < -0.4 is 0 Å². The van der Waals surface area contributed by atoms with Crippen molar-refractivity contribution in [2.75, 3.05) is 0 Å². The highest BCUT2D eigenvalue weighted by atomic mass is 14.9. The Balaban J connectivity index is 1.24. The van der Waals surface area contributed by atoms with Crippen LogP contribution in [-0.4, -0.2) is 29.9 Å². The van der Waals surface area contributed by atoms with Crippen molar-refractivity contribution in [2.45, 2.75) is 0 Å². The zero-order valence-electron chi connectivity index (χ0n) is 32.5. The summed E-state index contributed by atoms with van der Waals surface area (Å²) in [6.07, 6.45) is 0. The number of aromatic nitrogens is 6. The lowest BCUT2D eigenvalue weighted by atomic mass is 9.97. The van der Waals surface area contributed by atoms with E-state index in [-0.39, 0.29) is 0 Å². The minimum atomic E-state index is 0.637. The fourth-order valence-electron chi connectivity index (χ4n) is 7.28. The van der Waals surface area contributed by atoms with Gasteiger partial charge in [-0.2, -0.15) is 0 Å². The molecule has 0 unspecified atom stereocenters. The molecule has 0 bridgehead atoms. The predicted molar refractivity (Wildman–Crippen MR) is 242 cm³/mol. The molecule has 3 heterocycles. The van der Waals surface area contributed by atoms with E-state index in [4.69, 9.17) is 29.9 Å². The summed E-state index contributed by atoms with van der Waals surface area (Å²) in [5.74, 6) is 1.91. The Bertz CT molecular complexity index is 2530. The molecule has 0 fully saturated rings. The fraction of sp³-hybridized carbons (Fsp3) is 0. The van der Waals surface area contributed by atoms with Gasteiger partial charge in [0.15, 0.2) is 17.5 Å². The minimum Gasteiger partial charge on any atom is -0.228 e. The third-order valence-electron chi connectivity index (χ3n) is 10.3. The molecule has 0 atom stereocenters. The van der Waals surface area contributed by atoms with Crippen LogP contribution >= 0.6 is 0 Å². The first-order valence-electron chi connectivity index (χ1n) is 19.9. The van der Waals surface area contributed by atoms with Crippen molar-refractivity contribution in [1.82, 2.24) is 29.9 Å². The Labute approximate surface area is 348 Å². The maximum absolute atomic E-state index is 5.25. The third kappa shape index (κ3) is 7.73. The van der Waals surface area contributed by atoms with Crippen molar-refractivity contribution in [2.24, 2.45) is 0 Å². The van der Waals surface area contributed by atoms with Crippen LogP contribution in [0, 0.1) is 0 Å². The summed E-state index contributed by atoms with van der Waals surface area (Å²) in [5, 5.41) is 0. The van der Waals surface area contributed by atoms with Crippen LogP contribution in [0.4, 0.5) is 0 Å². The summed E-state index contributed by atoms with van der Waals surface area (Å²) >= 11 is 0. The number of benzene rings is 7. The molecule has 10 rings (SSSR count). The van der Waals surface area contributed by atoms with Crippen LogP contribution in [0.3, 0.4) is 0 Å². The van der Waals surface area contributed by atoms with Crippen LogP contribution in [0.5, 0.6) is 0 Å². The maximum atomic E-state index is 5.25. The summed E-state index contributed by atoms with van der Waals surface area (Å²) in [4.78, 5) is 31.0. The number of hydrogen-bond donors (Lipinski definition) is 0. The lowest BCUT2D eigenvalue weighted by molar-refractivity contribution is 1.17. The first-order valence-corrected chi connectivity index (χ1v) is 19.9. The van der Waals surface area contributed by atoms with Gasteiger partial charge in [-0.1, -0.05) is 182 Å². The molecule has 0 amide bonds. The predicted octanol–water partition coefficient (Wildman–Crippen LogP) is 13.1. The standard InChI is InChI=1S/C54H36N6/c1-7-19-37(20-8-1)46-34-49(58-52(55-46)40-25-13-4-14-26-40)43-31-44(50-35-47(38-21-9-2-10-22-38)56-53(59-50)41-27-15-5-16-28-41)33-45(32-43)51-36-48(39-23-11-3-12-24-39)57-54(60-51)42-29-17-6-18-30-42/h1-36H. The zero-order chi connectivity index (χ0) is 40.1. The molecule has 60 heavy (non-hydrogen) atoms. The van der Waals surface area contributed by atoms with Gasteiger partial charge in [-0.3, -0.25) is 0 Å². The second-order valence-electron chi connectivity index (χ2n) is 14.4. The molecule has 6 heteroatoms. The molecule has 0 spiro atoms. The maximum Gasteiger partial charge on any atom is 0.160 e. The van der Waals surface area contributed by atoms with E-state index in [1.165, 1.54) is 0 Å². The van der Waals surface area contributed by atoms with E-state index in [0.29, 0.717) is 17.5 Å². The van der Waals surface area contributed by atoms with E-state index in [2.05, 4.69) is 72.8 Å². The molecule has 0 aliphatic heterocycles. The van der Waals surface area contributed by atoms with Gasteiger partial charge in [0, 0.05) is 50.1 Å². The third-order valence-corrected chi connectivity index (χ3v) is 10.3. The molecule has 0 N–H and O–H groups in total. The van der Waals surface area contributed by atoms with Gasteiger partial charge in [0.05, 0.1) is 34.2 Å². The van der Waals surface area contributed by atoms with Crippen molar-refractivity contribution in [3.05, 3.63) is 218 Å². The summed E-state index contributed by atoms with van der Waals surface area (Å²) in [6, 6.07) is 73.8. The smallest absolute Gasteiger partial charge is 0.160 e. The average molecular weight is 769 g/mol. The number of rotatable bonds is 9. The Morgan fingerprint density at radius 2 is 0.350 bits per heavy atom. The van der Waals surface area contributed by atoms with Gasteiger partial charge < -0.3 is 0 Å². The van der Waals surface area contributed by atoms with E-state index in [1.807, 2.05) is 146 Å². The van der Waals surface area contributed by atoms with Crippen LogP contribution in [0.15, 0.2) is 218 Å². The van der Waals surface area contributed by atoms with Gasteiger partial charge in [0.25, 0.3) is 0 Å². The molecule has 0 aliphatic rings. The zero-order valence-corrected chi connectivity index (χ0v) is 32.5. The molecule has 3 aromatic heterocycles. The molecule has 7 aromatic carbocycles. The Morgan fingerprint density at radius 3 is 0.567 bits per heavy atom. The van der Waals surface area contributed by atoms with Gasteiger partial charge in [-0.15, -0.1) is 0 Å². The first kappa shape index (κ1) is 36.1. The number of nitrogens with zero attached hydrogens (tertiary/aromatic N) is 6. The molecule has 0 saturated carbocycles. The summed E-state index contributed by atoms with van der Waals surface area (Å²) in [7, 11) is 0. The Morgan fingerprint density at radius 1 is 0.167 bits per heavy atom. The van der Waals surface area contributed by atoms with E-state index in [1.54, 1.807) is 0 Å². The van der Waals surface area contributed by atoms with Crippen molar-refractivity contribution in [1.29, 1.82) is 0 Å². The van der Waals surface area contributed by atoms with Gasteiger partial charge in [0.1, 0.15) is 0 Å². The topological polar surface area (TPSA) is 77.3 Å².